The van der Waals surface area contributed by atoms with Gasteiger partial charge in [0.15, 0.2) is 0 Å². The molecule has 0 aliphatic rings. The molecule has 0 saturated carbocycles. The fraction of sp³-hybridized carbons (Fsp3) is 0.100. The van der Waals surface area contributed by atoms with Crippen LogP contribution in [0.5, 0.6) is 0 Å². The molecule has 0 radical (unpaired) electrons. The number of hydrogen-bond acceptors (Lipinski definition) is 4. The quantitative estimate of drug-likeness (QED) is 0.326. The van der Waals surface area contributed by atoms with Gasteiger partial charge in [-0.3, -0.25) is 10.2 Å². The molecule has 6 N–H and O–H groups in total. The summed E-state index contributed by atoms with van der Waals surface area (Å²) < 4.78 is 0. The van der Waals surface area contributed by atoms with Crippen LogP contribution in [0.2, 0.25) is 10.0 Å². The Labute approximate surface area is 196 Å². The SMILES string of the molecule is Cl.Cl.NCC(N)(c1cc(-c2ccc(Cl)cc2)[nH]n1)c1cc(-c2ccc(Cl)cc2)[nH]n1. The van der Waals surface area contributed by atoms with Crippen LogP contribution in [0.3, 0.4) is 0 Å². The van der Waals surface area contributed by atoms with E-state index in [0.29, 0.717) is 21.4 Å². The van der Waals surface area contributed by atoms with E-state index in [1.165, 1.54) is 0 Å². The molecular weight excluding hydrogens is 466 g/mol. The molecule has 4 rings (SSSR count). The van der Waals surface area contributed by atoms with E-state index in [1.54, 1.807) is 0 Å². The van der Waals surface area contributed by atoms with Gasteiger partial charge in [0.1, 0.15) is 5.54 Å². The van der Waals surface area contributed by atoms with Gasteiger partial charge in [-0.05, 0) is 47.5 Å². The molecule has 0 unspecified atom stereocenters. The van der Waals surface area contributed by atoms with E-state index in [4.69, 9.17) is 34.7 Å². The summed E-state index contributed by atoms with van der Waals surface area (Å²) in [6, 6.07) is 18.7. The third-order valence-corrected chi connectivity index (χ3v) is 5.21. The zero-order valence-electron chi connectivity index (χ0n) is 15.6. The fourth-order valence-corrected chi connectivity index (χ4v) is 3.25. The van der Waals surface area contributed by atoms with Gasteiger partial charge < -0.3 is 11.5 Å². The third-order valence-electron chi connectivity index (χ3n) is 4.70. The van der Waals surface area contributed by atoms with E-state index in [9.17, 15) is 0 Å². The average molecular weight is 486 g/mol. The van der Waals surface area contributed by atoms with Gasteiger partial charge in [-0.2, -0.15) is 10.2 Å². The van der Waals surface area contributed by atoms with Crippen LogP contribution in [0.25, 0.3) is 22.5 Å². The molecule has 0 spiro atoms. The summed E-state index contributed by atoms with van der Waals surface area (Å²) in [6.45, 7) is 0.142. The van der Waals surface area contributed by atoms with Gasteiger partial charge >= 0.3 is 0 Å². The van der Waals surface area contributed by atoms with Gasteiger partial charge in [-0.1, -0.05) is 47.5 Å². The number of halogens is 4. The van der Waals surface area contributed by atoms with E-state index in [1.807, 2.05) is 60.7 Å². The minimum atomic E-state index is -1.04. The van der Waals surface area contributed by atoms with E-state index < -0.39 is 5.54 Å². The van der Waals surface area contributed by atoms with Crippen molar-refractivity contribution in [2.24, 2.45) is 11.5 Å². The number of H-pyrrole nitrogens is 2. The molecule has 0 amide bonds. The lowest BCUT2D eigenvalue weighted by molar-refractivity contribution is 0.515. The first-order valence-corrected chi connectivity index (χ1v) is 9.38. The standard InChI is InChI=1S/C20H18Cl2N6.2ClH/c21-14-5-1-12(2-6-14)16-9-18(27-25-16)20(24,11-23)19-10-17(26-28-19)13-3-7-15(22)8-4-13;;/h1-10H,11,23-24H2,(H,25,27)(H,26,28);2*1H. The van der Waals surface area contributed by atoms with Gasteiger partial charge in [0.2, 0.25) is 0 Å². The smallest absolute Gasteiger partial charge is 0.117 e. The molecule has 10 heteroatoms. The number of rotatable bonds is 5. The lowest BCUT2D eigenvalue weighted by Gasteiger charge is -2.23. The molecule has 0 bridgehead atoms. The van der Waals surface area contributed by atoms with Crippen molar-refractivity contribution in [2.45, 2.75) is 5.54 Å². The zero-order chi connectivity index (χ0) is 19.7. The molecule has 0 atom stereocenters. The van der Waals surface area contributed by atoms with Gasteiger partial charge in [-0.25, -0.2) is 0 Å². The van der Waals surface area contributed by atoms with Crippen molar-refractivity contribution in [1.82, 2.24) is 20.4 Å². The predicted octanol–water partition coefficient (Wildman–Crippen LogP) is 4.78. The van der Waals surface area contributed by atoms with Crippen molar-refractivity contribution in [3.05, 3.63) is 82.1 Å². The van der Waals surface area contributed by atoms with Crippen molar-refractivity contribution in [3.63, 3.8) is 0 Å². The number of nitrogens with zero attached hydrogens (tertiary/aromatic N) is 2. The Morgan fingerprint density at radius 3 is 1.43 bits per heavy atom. The lowest BCUT2D eigenvalue weighted by Crippen LogP contribution is -2.45. The lowest BCUT2D eigenvalue weighted by atomic mass is 9.91. The minimum Gasteiger partial charge on any atom is -0.328 e. The molecule has 4 aromatic rings. The highest BCUT2D eigenvalue weighted by molar-refractivity contribution is 6.30. The molecule has 30 heavy (non-hydrogen) atoms. The summed E-state index contributed by atoms with van der Waals surface area (Å²) in [7, 11) is 0. The normalized spacial score (nSPS) is 10.9. The molecule has 0 aliphatic carbocycles. The maximum atomic E-state index is 6.64. The van der Waals surface area contributed by atoms with Gasteiger partial charge in [-0.15, -0.1) is 24.8 Å². The molecule has 158 valence electrons. The molecule has 0 fully saturated rings. The molecule has 0 saturated heterocycles. The fourth-order valence-electron chi connectivity index (χ4n) is 3.00. The van der Waals surface area contributed by atoms with Crippen molar-refractivity contribution >= 4 is 48.0 Å². The van der Waals surface area contributed by atoms with Crippen LogP contribution in [-0.4, -0.2) is 26.9 Å². The minimum absolute atomic E-state index is 0. The van der Waals surface area contributed by atoms with Crippen molar-refractivity contribution < 1.29 is 0 Å². The Kier molecular flexibility index (Phi) is 7.93. The summed E-state index contributed by atoms with van der Waals surface area (Å²) in [6.07, 6.45) is 0. The molecular formula is C20H20Cl4N6. The monoisotopic (exact) mass is 484 g/mol. The van der Waals surface area contributed by atoms with Gasteiger partial charge in [0.05, 0.1) is 22.8 Å². The number of hydrogen-bond donors (Lipinski definition) is 4. The summed E-state index contributed by atoms with van der Waals surface area (Å²) >= 11 is 11.9. The van der Waals surface area contributed by atoms with E-state index >= 15 is 0 Å². The van der Waals surface area contributed by atoms with Crippen LogP contribution in [0, 0.1) is 0 Å². The molecule has 2 aromatic carbocycles. The maximum absolute atomic E-state index is 6.64. The molecule has 2 aromatic heterocycles. The second-order valence-corrected chi connectivity index (χ2v) is 7.40. The topological polar surface area (TPSA) is 109 Å². The summed E-state index contributed by atoms with van der Waals surface area (Å²) in [5.74, 6) is 0. The van der Waals surface area contributed by atoms with Crippen LogP contribution in [-0.2, 0) is 5.54 Å². The van der Waals surface area contributed by atoms with Crippen LogP contribution in [0.1, 0.15) is 11.4 Å². The van der Waals surface area contributed by atoms with Gasteiger partial charge in [0, 0.05) is 16.6 Å². The number of aromatic amines is 2. The highest BCUT2D eigenvalue weighted by Gasteiger charge is 2.34. The van der Waals surface area contributed by atoms with Crippen LogP contribution in [0.15, 0.2) is 60.7 Å². The zero-order valence-corrected chi connectivity index (χ0v) is 18.7. The van der Waals surface area contributed by atoms with Crippen LogP contribution < -0.4 is 11.5 Å². The number of nitrogens with one attached hydrogen (secondary N) is 2. The molecule has 2 heterocycles. The highest BCUT2D eigenvalue weighted by Crippen LogP contribution is 2.30. The van der Waals surface area contributed by atoms with Gasteiger partial charge in [0.25, 0.3) is 0 Å². The summed E-state index contributed by atoms with van der Waals surface area (Å²) in [5.41, 5.74) is 16.4. The van der Waals surface area contributed by atoms with Crippen molar-refractivity contribution in [1.29, 1.82) is 0 Å². The van der Waals surface area contributed by atoms with E-state index in [2.05, 4.69) is 20.4 Å². The summed E-state index contributed by atoms with van der Waals surface area (Å²) in [5, 5.41) is 16.2. The Morgan fingerprint density at radius 1 is 0.733 bits per heavy atom. The molecule has 0 aliphatic heterocycles. The first-order chi connectivity index (χ1) is 13.5. The van der Waals surface area contributed by atoms with Crippen LogP contribution in [0.4, 0.5) is 0 Å². The number of benzene rings is 2. The Balaban J connectivity index is 0.00000160. The van der Waals surface area contributed by atoms with E-state index in [-0.39, 0.29) is 31.4 Å². The molecule has 6 nitrogen and oxygen atoms in total. The first kappa shape index (κ1) is 24.2. The number of aromatic nitrogens is 4. The Bertz CT molecular complexity index is 1010. The Morgan fingerprint density at radius 2 is 1.10 bits per heavy atom. The van der Waals surface area contributed by atoms with Crippen molar-refractivity contribution in [2.75, 3.05) is 6.54 Å². The largest absolute Gasteiger partial charge is 0.328 e. The highest BCUT2D eigenvalue weighted by atomic mass is 35.5. The average Bonchev–Trinajstić information content (AvgIpc) is 3.39. The second-order valence-electron chi connectivity index (χ2n) is 6.52. The van der Waals surface area contributed by atoms with Crippen LogP contribution >= 0.6 is 48.0 Å². The summed E-state index contributed by atoms with van der Waals surface area (Å²) in [4.78, 5) is 0. The Hall–Kier alpha value is -2.06. The maximum Gasteiger partial charge on any atom is 0.117 e. The van der Waals surface area contributed by atoms with Crippen molar-refractivity contribution in [3.8, 4) is 22.5 Å². The van der Waals surface area contributed by atoms with E-state index in [0.717, 1.165) is 22.5 Å². The third kappa shape index (κ3) is 4.64. The number of nitrogens with two attached hydrogens (primary N) is 2. The second kappa shape index (κ2) is 9.83. The predicted molar refractivity (Wildman–Crippen MR) is 127 cm³/mol. The first-order valence-electron chi connectivity index (χ1n) is 8.62.